The highest BCUT2D eigenvalue weighted by Gasteiger charge is 2.43. The van der Waals surface area contributed by atoms with E-state index in [4.69, 9.17) is 4.74 Å². The highest BCUT2D eigenvalue weighted by Crippen LogP contribution is 2.42. The molecule has 1 N–H and O–H groups in total. The van der Waals surface area contributed by atoms with Crippen LogP contribution in [0.25, 0.3) is 0 Å². The van der Waals surface area contributed by atoms with Crippen LogP contribution in [-0.4, -0.2) is 65.4 Å². The number of nitrogens with zero attached hydrogens (tertiary/aromatic N) is 3. The second-order valence-corrected chi connectivity index (χ2v) is 9.68. The Morgan fingerprint density at radius 3 is 2.34 bits per heavy atom. The molecule has 2 heterocycles. The monoisotopic (exact) mass is 516 g/mol. The zero-order valence-electron chi connectivity index (χ0n) is 22.7. The predicted octanol–water partition coefficient (Wildman–Crippen LogP) is 4.38. The average Bonchev–Trinajstić information content (AvgIpc) is 3.26. The number of hydrogen-bond acceptors (Lipinski definition) is 5. The van der Waals surface area contributed by atoms with E-state index in [0.29, 0.717) is 35.5 Å². The lowest BCUT2D eigenvalue weighted by Crippen LogP contribution is -2.43. The molecule has 8 heteroatoms. The molecule has 2 unspecified atom stereocenters. The molecule has 1 aliphatic heterocycles. The number of benzene rings is 2. The lowest BCUT2D eigenvalue weighted by Gasteiger charge is -2.39. The fourth-order valence-corrected chi connectivity index (χ4v) is 5.04. The number of fused-ring (bicyclic) bond motifs is 1. The third-order valence-electron chi connectivity index (χ3n) is 7.40. The number of aryl methyl sites for hydroxylation is 2. The molecule has 8 nitrogen and oxygen atoms in total. The summed E-state index contributed by atoms with van der Waals surface area (Å²) >= 11 is 0. The summed E-state index contributed by atoms with van der Waals surface area (Å²) in [6, 6.07) is 15.5. The molecule has 0 aliphatic carbocycles. The topological polar surface area (TPSA) is 83.9 Å². The van der Waals surface area contributed by atoms with Gasteiger partial charge in [-0.25, -0.2) is 4.79 Å². The van der Waals surface area contributed by atoms with E-state index in [0.717, 1.165) is 24.3 Å². The first-order valence-corrected chi connectivity index (χ1v) is 13.0. The van der Waals surface area contributed by atoms with Crippen LogP contribution in [0.3, 0.4) is 0 Å². The van der Waals surface area contributed by atoms with E-state index in [2.05, 4.69) is 24.1 Å². The Labute approximate surface area is 224 Å². The minimum atomic E-state index is -0.611. The molecule has 2 aromatic carbocycles. The summed E-state index contributed by atoms with van der Waals surface area (Å²) in [4.78, 5) is 43.3. The lowest BCUT2D eigenvalue weighted by atomic mass is 9.80. The van der Waals surface area contributed by atoms with E-state index < -0.39 is 17.9 Å². The number of esters is 1. The Morgan fingerprint density at radius 1 is 1.03 bits per heavy atom. The van der Waals surface area contributed by atoms with Crippen molar-refractivity contribution in [3.63, 3.8) is 0 Å². The number of nitrogens with one attached hydrogen (secondary N) is 1. The molecule has 0 radical (unpaired) electrons. The number of likely N-dealkylation sites (N-methyl/N-ethyl adjacent to an activating group) is 2. The van der Waals surface area contributed by atoms with Crippen molar-refractivity contribution in [1.29, 1.82) is 0 Å². The normalized spacial score (nSPS) is 16.9. The van der Waals surface area contributed by atoms with Gasteiger partial charge in [0, 0.05) is 43.8 Å². The van der Waals surface area contributed by atoms with E-state index >= 15 is 0 Å². The maximum Gasteiger partial charge on any atom is 0.338 e. The molecule has 2 atom stereocenters. The molecule has 4 rings (SSSR count). The van der Waals surface area contributed by atoms with Crippen molar-refractivity contribution < 1.29 is 19.1 Å². The number of carbonyl (C=O) groups is 3. The summed E-state index contributed by atoms with van der Waals surface area (Å²) in [5.74, 6) is -1.34. The van der Waals surface area contributed by atoms with Crippen molar-refractivity contribution in [2.45, 2.75) is 32.7 Å². The van der Waals surface area contributed by atoms with Gasteiger partial charge in [0.15, 0.2) is 0 Å². The molecule has 0 fully saturated rings. The lowest BCUT2D eigenvalue weighted by molar-refractivity contribution is -0.119. The van der Waals surface area contributed by atoms with E-state index in [1.165, 1.54) is 0 Å². The zero-order chi connectivity index (χ0) is 27.4. The molecule has 1 aromatic heterocycles. The Morgan fingerprint density at radius 2 is 1.71 bits per heavy atom. The fourth-order valence-electron chi connectivity index (χ4n) is 5.04. The maximum atomic E-state index is 13.8. The van der Waals surface area contributed by atoms with Gasteiger partial charge in [0.25, 0.3) is 5.91 Å². The van der Waals surface area contributed by atoms with Gasteiger partial charge in [0.1, 0.15) is 6.61 Å². The number of amides is 2. The van der Waals surface area contributed by atoms with Gasteiger partial charge < -0.3 is 24.4 Å². The van der Waals surface area contributed by atoms with Crippen LogP contribution in [0.2, 0.25) is 0 Å². The predicted molar refractivity (Wildman–Crippen MR) is 147 cm³/mol. The van der Waals surface area contributed by atoms with Gasteiger partial charge in [-0.15, -0.1) is 0 Å². The fraction of sp³-hybridized carbons (Fsp3) is 0.367. The first-order chi connectivity index (χ1) is 18.2. The van der Waals surface area contributed by atoms with Crippen molar-refractivity contribution in [3.05, 3.63) is 88.7 Å². The van der Waals surface area contributed by atoms with Crippen LogP contribution in [0.5, 0.6) is 0 Å². The Hall–Kier alpha value is -3.91. The number of aromatic nitrogens is 1. The van der Waals surface area contributed by atoms with Crippen LogP contribution in [0.1, 0.15) is 63.3 Å². The summed E-state index contributed by atoms with van der Waals surface area (Å²) in [5.41, 5.74) is 4.16. The number of anilines is 1. The van der Waals surface area contributed by atoms with Gasteiger partial charge in [-0.2, -0.15) is 0 Å². The van der Waals surface area contributed by atoms with Crippen molar-refractivity contribution in [3.8, 4) is 0 Å². The number of carbonyl (C=O) groups excluding carboxylic acids is 3. The first kappa shape index (κ1) is 27.1. The van der Waals surface area contributed by atoms with Crippen LogP contribution in [0, 0.1) is 6.92 Å². The largest absolute Gasteiger partial charge is 0.461 e. The molecule has 1 aliphatic rings. The number of hydrogen-bond donors (Lipinski definition) is 1. The maximum absolute atomic E-state index is 13.8. The van der Waals surface area contributed by atoms with Crippen molar-refractivity contribution in [2.24, 2.45) is 7.05 Å². The quantitative estimate of drug-likeness (QED) is 0.427. The third kappa shape index (κ3) is 5.50. The summed E-state index contributed by atoms with van der Waals surface area (Å²) in [6.07, 6.45) is 1.97. The zero-order valence-corrected chi connectivity index (χ0v) is 22.7. The average molecular weight is 517 g/mol. The van der Waals surface area contributed by atoms with Crippen LogP contribution in [0.15, 0.2) is 60.8 Å². The van der Waals surface area contributed by atoms with Gasteiger partial charge in [0.2, 0.25) is 5.91 Å². The van der Waals surface area contributed by atoms with Crippen LogP contribution in [-0.2, 0) is 16.6 Å². The molecule has 0 bridgehead atoms. The molecule has 200 valence electrons. The smallest absolute Gasteiger partial charge is 0.338 e. The highest BCUT2D eigenvalue weighted by atomic mass is 16.5. The van der Waals surface area contributed by atoms with Gasteiger partial charge in [-0.1, -0.05) is 32.0 Å². The highest BCUT2D eigenvalue weighted by molar-refractivity contribution is 6.04. The Balaban J connectivity index is 1.54. The molecule has 0 saturated heterocycles. The summed E-state index contributed by atoms with van der Waals surface area (Å²) < 4.78 is 7.40. The van der Waals surface area contributed by atoms with E-state index in [9.17, 15) is 14.4 Å². The molecular formula is C30H36N4O4. The van der Waals surface area contributed by atoms with Gasteiger partial charge in [0.05, 0.1) is 17.5 Å². The molecule has 38 heavy (non-hydrogen) atoms. The minimum Gasteiger partial charge on any atom is -0.461 e. The molecule has 0 saturated carbocycles. The summed E-state index contributed by atoms with van der Waals surface area (Å²) in [7, 11) is 3.69. The van der Waals surface area contributed by atoms with Crippen LogP contribution in [0.4, 0.5) is 5.69 Å². The van der Waals surface area contributed by atoms with Gasteiger partial charge in [-0.3, -0.25) is 9.59 Å². The molecule has 0 spiro atoms. The van der Waals surface area contributed by atoms with E-state index in [1.807, 2.05) is 49.0 Å². The summed E-state index contributed by atoms with van der Waals surface area (Å²) in [6.45, 7) is 8.96. The van der Waals surface area contributed by atoms with Crippen LogP contribution >= 0.6 is 0 Å². The van der Waals surface area contributed by atoms with Gasteiger partial charge >= 0.3 is 5.97 Å². The second-order valence-electron chi connectivity index (χ2n) is 9.68. The van der Waals surface area contributed by atoms with Crippen molar-refractivity contribution >= 4 is 23.5 Å². The number of rotatable bonds is 9. The van der Waals surface area contributed by atoms with E-state index in [-0.39, 0.29) is 11.8 Å². The third-order valence-corrected chi connectivity index (χ3v) is 7.40. The second kappa shape index (κ2) is 11.6. The molecular weight excluding hydrogens is 480 g/mol. The Kier molecular flexibility index (Phi) is 8.32. The SMILES string of the molecule is CCN(CC)CCOC(=O)c1ccc(NC(=O)C2c3ccccc3C(=O)N(C)C2c2cc(C)n(C)c2)cc1. The first-order valence-electron chi connectivity index (χ1n) is 13.0. The van der Waals surface area contributed by atoms with Crippen molar-refractivity contribution in [1.82, 2.24) is 14.4 Å². The molecule has 3 aromatic rings. The number of ether oxygens (including phenoxy) is 1. The van der Waals surface area contributed by atoms with Gasteiger partial charge in [-0.05, 0) is 67.5 Å². The summed E-state index contributed by atoms with van der Waals surface area (Å²) in [5, 5.41) is 3.01. The van der Waals surface area contributed by atoms with Crippen molar-refractivity contribution in [2.75, 3.05) is 38.6 Å². The van der Waals surface area contributed by atoms with E-state index in [1.54, 1.807) is 42.3 Å². The minimum absolute atomic E-state index is 0.111. The molecule has 2 amide bonds. The Bertz CT molecular complexity index is 1290. The van der Waals surface area contributed by atoms with Crippen LogP contribution < -0.4 is 5.32 Å². The standard InChI is InChI=1S/C30H36N4O4/c1-6-34(7-2)16-17-38-30(37)21-12-14-23(15-13-21)31-28(35)26-24-10-8-9-11-25(24)29(36)33(5)27(26)22-18-20(3)32(4)19-22/h8-15,18-19,26-27H,6-7,16-17H2,1-5H3,(H,31,35).